The first-order chi connectivity index (χ1) is 14.6. The summed E-state index contributed by atoms with van der Waals surface area (Å²) < 4.78 is 0. The highest BCUT2D eigenvalue weighted by Crippen LogP contribution is 2.69. The maximum absolute atomic E-state index is 11.8. The van der Waals surface area contributed by atoms with E-state index in [-0.39, 0.29) is 35.4 Å². The number of hydrogen-bond donors (Lipinski definition) is 3. The molecule has 0 aliphatic heterocycles. The van der Waals surface area contributed by atoms with Crippen LogP contribution in [0.25, 0.3) is 0 Å². The summed E-state index contributed by atoms with van der Waals surface area (Å²) in [4.78, 5) is 11.1. The number of carboxylic acids is 1. The van der Waals surface area contributed by atoms with Gasteiger partial charge in [0.25, 0.3) is 0 Å². The van der Waals surface area contributed by atoms with Gasteiger partial charge >= 0.3 is 5.97 Å². The first-order valence-electron chi connectivity index (χ1n) is 12.8. The molecular formula is C27H44O4. The van der Waals surface area contributed by atoms with Crippen molar-refractivity contribution in [1.82, 2.24) is 0 Å². The lowest BCUT2D eigenvalue weighted by atomic mass is 9.41. The summed E-state index contributed by atoms with van der Waals surface area (Å²) in [6.45, 7) is 11.2. The molecular weight excluding hydrogens is 388 g/mol. The second-order valence-electron chi connectivity index (χ2n) is 12.1. The van der Waals surface area contributed by atoms with Gasteiger partial charge in [-0.25, -0.2) is 0 Å². The van der Waals surface area contributed by atoms with Crippen LogP contribution in [0.3, 0.4) is 0 Å². The third-order valence-electron chi connectivity index (χ3n) is 10.9. The van der Waals surface area contributed by atoms with Gasteiger partial charge in [-0.3, -0.25) is 4.79 Å². The van der Waals surface area contributed by atoms with Crippen LogP contribution in [0.2, 0.25) is 0 Å². The van der Waals surface area contributed by atoms with Crippen LogP contribution in [-0.4, -0.2) is 33.5 Å². The van der Waals surface area contributed by atoms with E-state index in [4.69, 9.17) is 5.11 Å². The zero-order chi connectivity index (χ0) is 22.6. The number of allylic oxidation sites excluding steroid dienone is 1. The molecule has 4 nitrogen and oxygen atoms in total. The molecule has 3 N–H and O–H groups in total. The zero-order valence-corrected chi connectivity index (χ0v) is 19.8. The molecule has 1 unspecified atom stereocenters. The van der Waals surface area contributed by atoms with E-state index in [0.29, 0.717) is 35.5 Å². The van der Waals surface area contributed by atoms with Crippen molar-refractivity contribution in [3.63, 3.8) is 0 Å². The fraction of sp³-hybridized carbons (Fsp3) is 0.889. The molecule has 4 aliphatic carbocycles. The van der Waals surface area contributed by atoms with Gasteiger partial charge in [0, 0.05) is 6.42 Å². The van der Waals surface area contributed by atoms with Crippen molar-refractivity contribution < 1.29 is 20.1 Å². The Bertz CT molecular complexity index is 691. The van der Waals surface area contributed by atoms with Gasteiger partial charge in [-0.1, -0.05) is 26.8 Å². The fourth-order valence-electron chi connectivity index (χ4n) is 9.46. The van der Waals surface area contributed by atoms with Crippen molar-refractivity contribution in [1.29, 1.82) is 0 Å². The van der Waals surface area contributed by atoms with E-state index in [1.54, 1.807) is 0 Å². The van der Waals surface area contributed by atoms with Gasteiger partial charge in [0.15, 0.2) is 0 Å². The van der Waals surface area contributed by atoms with Crippen molar-refractivity contribution in [3.05, 3.63) is 12.7 Å². The van der Waals surface area contributed by atoms with Crippen LogP contribution in [0.4, 0.5) is 0 Å². The number of aliphatic carboxylic acids is 1. The van der Waals surface area contributed by atoms with E-state index in [2.05, 4.69) is 27.4 Å². The molecule has 4 aliphatic rings. The summed E-state index contributed by atoms with van der Waals surface area (Å²) in [6.07, 6.45) is 10.8. The molecule has 0 spiro atoms. The highest BCUT2D eigenvalue weighted by Gasteiger charge is 2.64. The van der Waals surface area contributed by atoms with Gasteiger partial charge in [-0.15, -0.1) is 6.58 Å². The topological polar surface area (TPSA) is 77.8 Å². The Balaban J connectivity index is 1.63. The molecule has 11 atom stereocenters. The molecule has 0 saturated heterocycles. The quantitative estimate of drug-likeness (QED) is 0.499. The van der Waals surface area contributed by atoms with E-state index < -0.39 is 5.97 Å². The van der Waals surface area contributed by atoms with Crippen LogP contribution >= 0.6 is 0 Å². The van der Waals surface area contributed by atoms with Crippen molar-refractivity contribution in [2.45, 2.75) is 97.2 Å². The second kappa shape index (κ2) is 8.48. The summed E-state index contributed by atoms with van der Waals surface area (Å²) in [5.74, 6) is 2.25. The number of fused-ring (bicyclic) bond motifs is 5. The Hall–Kier alpha value is -0.870. The lowest BCUT2D eigenvalue weighted by molar-refractivity contribution is -0.202. The molecule has 0 amide bonds. The standard InChI is InChI=1S/C27H44O4/c1-5-6-18-22-15-17(28)11-13-27(22,4)21-12-14-26(3)19(16(2)7-10-23(29)30)8-9-20(26)24(21)25(18)31/h5,16-22,24-25,28,31H,1,6-15H2,2-4H3,(H,29,30)/t16-,17?,18-,19-,20+,21+,22+,24+,25-,26-,27-/m1/s1. The SMILES string of the molecule is C=CC[C@H]1[C@@H](O)[C@@H]2[C@H](CC[C@]3(C)[C@@H]([C@H](C)CCC(=O)O)CC[C@@H]23)[C@@]2(C)CCC(O)C[C@@H]12. The number of aliphatic hydroxyl groups is 2. The van der Waals surface area contributed by atoms with E-state index in [9.17, 15) is 15.0 Å². The molecule has 0 radical (unpaired) electrons. The first-order valence-corrected chi connectivity index (χ1v) is 12.8. The van der Waals surface area contributed by atoms with E-state index in [0.717, 1.165) is 32.1 Å². The number of carboxylic acid groups (broad SMARTS) is 1. The van der Waals surface area contributed by atoms with Gasteiger partial charge in [0.05, 0.1) is 12.2 Å². The Kier molecular flexibility index (Phi) is 6.37. The van der Waals surface area contributed by atoms with Crippen LogP contribution in [0, 0.1) is 52.3 Å². The Morgan fingerprint density at radius 2 is 1.74 bits per heavy atom. The predicted molar refractivity (Wildman–Crippen MR) is 122 cm³/mol. The molecule has 176 valence electrons. The lowest BCUT2D eigenvalue weighted by Crippen LogP contribution is -2.62. The Morgan fingerprint density at radius 1 is 1.06 bits per heavy atom. The number of hydrogen-bond acceptors (Lipinski definition) is 3. The zero-order valence-electron chi connectivity index (χ0n) is 19.8. The Labute approximate surface area is 188 Å². The molecule has 4 saturated carbocycles. The average molecular weight is 433 g/mol. The van der Waals surface area contributed by atoms with Gasteiger partial charge < -0.3 is 15.3 Å². The monoisotopic (exact) mass is 432 g/mol. The first kappa shape index (κ1) is 23.3. The van der Waals surface area contributed by atoms with E-state index in [1.807, 2.05) is 6.08 Å². The van der Waals surface area contributed by atoms with Crippen molar-refractivity contribution in [3.8, 4) is 0 Å². The normalized spacial score (nSPS) is 50.1. The maximum Gasteiger partial charge on any atom is 0.303 e. The van der Waals surface area contributed by atoms with Crippen LogP contribution in [-0.2, 0) is 4.79 Å². The molecule has 31 heavy (non-hydrogen) atoms. The third kappa shape index (κ3) is 3.70. The van der Waals surface area contributed by atoms with Crippen molar-refractivity contribution >= 4 is 5.97 Å². The van der Waals surface area contributed by atoms with Crippen molar-refractivity contribution in [2.24, 2.45) is 52.3 Å². The van der Waals surface area contributed by atoms with Crippen molar-refractivity contribution in [2.75, 3.05) is 0 Å². The van der Waals surface area contributed by atoms with Crippen LogP contribution in [0.15, 0.2) is 12.7 Å². The Morgan fingerprint density at radius 3 is 2.42 bits per heavy atom. The highest BCUT2D eigenvalue weighted by molar-refractivity contribution is 5.66. The number of rotatable bonds is 6. The van der Waals surface area contributed by atoms with E-state index in [1.165, 1.54) is 25.7 Å². The summed E-state index contributed by atoms with van der Waals surface area (Å²) in [6, 6.07) is 0. The maximum atomic E-state index is 11.8. The summed E-state index contributed by atoms with van der Waals surface area (Å²) in [5, 5.41) is 31.4. The molecule has 4 heteroatoms. The summed E-state index contributed by atoms with van der Waals surface area (Å²) in [7, 11) is 0. The average Bonchev–Trinajstić information content (AvgIpc) is 3.07. The van der Waals surface area contributed by atoms with Gasteiger partial charge in [0.1, 0.15) is 0 Å². The summed E-state index contributed by atoms with van der Waals surface area (Å²) >= 11 is 0. The minimum Gasteiger partial charge on any atom is -0.481 e. The fourth-order valence-corrected chi connectivity index (χ4v) is 9.46. The smallest absolute Gasteiger partial charge is 0.303 e. The lowest BCUT2D eigenvalue weighted by Gasteiger charge is -2.64. The highest BCUT2D eigenvalue weighted by atomic mass is 16.4. The van der Waals surface area contributed by atoms with Crippen LogP contribution < -0.4 is 0 Å². The van der Waals surface area contributed by atoms with Gasteiger partial charge in [-0.05, 0) is 110 Å². The predicted octanol–water partition coefficient (Wildman–Crippen LogP) is 5.28. The van der Waals surface area contributed by atoms with E-state index >= 15 is 0 Å². The minimum absolute atomic E-state index is 0.199. The number of aliphatic hydroxyl groups excluding tert-OH is 2. The van der Waals surface area contributed by atoms with Gasteiger partial charge in [0.2, 0.25) is 0 Å². The molecule has 0 bridgehead atoms. The molecule has 4 rings (SSSR count). The molecule has 0 heterocycles. The summed E-state index contributed by atoms with van der Waals surface area (Å²) in [5.41, 5.74) is 0.404. The van der Waals surface area contributed by atoms with Crippen LogP contribution in [0.5, 0.6) is 0 Å². The van der Waals surface area contributed by atoms with Crippen LogP contribution in [0.1, 0.15) is 85.0 Å². The second-order valence-corrected chi connectivity index (χ2v) is 12.1. The molecule has 0 aromatic carbocycles. The molecule has 0 aromatic heterocycles. The minimum atomic E-state index is -0.691. The largest absolute Gasteiger partial charge is 0.481 e. The molecule has 0 aromatic rings. The van der Waals surface area contributed by atoms with Gasteiger partial charge in [-0.2, -0.15) is 0 Å². The molecule has 4 fully saturated rings. The number of carbonyl (C=O) groups is 1. The third-order valence-corrected chi connectivity index (χ3v) is 10.9.